The molecule has 0 aliphatic carbocycles. The fourth-order valence-corrected chi connectivity index (χ4v) is 2.41. The van der Waals surface area contributed by atoms with Crippen molar-refractivity contribution >= 4 is 27.9 Å². The van der Waals surface area contributed by atoms with Gasteiger partial charge in [0.25, 0.3) is 0 Å². The maximum Gasteiger partial charge on any atom is 0.446 e. The third-order valence-electron chi connectivity index (χ3n) is 1.32. The smallest absolute Gasteiger partial charge is 0.357 e. The highest BCUT2D eigenvalue weighted by Crippen LogP contribution is 2.32. The minimum Gasteiger partial charge on any atom is -0.357 e. The molecule has 20 heavy (non-hydrogen) atoms. The summed E-state index contributed by atoms with van der Waals surface area (Å²) in [6.07, 6.45) is -0.682. The molecular weight excluding hydrogens is 311 g/mol. The average molecular weight is 333 g/mol. The summed E-state index contributed by atoms with van der Waals surface area (Å²) >= 11 is 0. The number of aldehydes is 1. The zero-order valence-electron chi connectivity index (χ0n) is 12.3. The second kappa shape index (κ2) is 15.0. The molecule has 8 heteroatoms. The van der Waals surface area contributed by atoms with Crippen LogP contribution in [-0.4, -0.2) is 36.9 Å². The maximum atomic E-state index is 10.4. The highest BCUT2D eigenvalue weighted by atomic mass is 33.1. The molecule has 0 atom stereocenters. The van der Waals surface area contributed by atoms with Gasteiger partial charge in [0.1, 0.15) is 12.5 Å². The highest BCUT2D eigenvalue weighted by molar-refractivity contribution is 8.77. The van der Waals surface area contributed by atoms with Crippen molar-refractivity contribution in [1.82, 2.24) is 5.32 Å². The van der Waals surface area contributed by atoms with Crippen LogP contribution in [0.5, 0.6) is 0 Å². The summed E-state index contributed by atoms with van der Waals surface area (Å²) < 4.78 is 36.4. The van der Waals surface area contributed by atoms with Crippen LogP contribution in [0.25, 0.3) is 0 Å². The van der Waals surface area contributed by atoms with E-state index < -0.39 is 12.5 Å². The quantitative estimate of drug-likeness (QED) is 0.264. The lowest BCUT2D eigenvalue weighted by molar-refractivity contribution is -0.156. The minimum absolute atomic E-state index is 0.0875. The minimum atomic E-state index is -4.64. The van der Waals surface area contributed by atoms with Gasteiger partial charge in [-0.1, -0.05) is 41.4 Å². The van der Waals surface area contributed by atoms with E-state index in [0.29, 0.717) is 12.5 Å². The first-order chi connectivity index (χ1) is 9.18. The average Bonchev–Trinajstić information content (AvgIpc) is 2.41. The van der Waals surface area contributed by atoms with Crippen LogP contribution >= 0.6 is 21.6 Å². The predicted octanol–water partition coefficient (Wildman–Crippen LogP) is 3.70. The Labute approximate surface area is 127 Å². The molecule has 0 aromatic heterocycles. The fourth-order valence-electron chi connectivity index (χ4n) is 0.348. The maximum absolute atomic E-state index is 10.4. The third kappa shape index (κ3) is 26.3. The molecule has 120 valence electrons. The van der Waals surface area contributed by atoms with Crippen LogP contribution in [-0.2, 0) is 9.53 Å². The van der Waals surface area contributed by atoms with E-state index in [1.54, 1.807) is 21.6 Å². The monoisotopic (exact) mass is 333 g/mol. The Bertz CT molecular complexity index is 266. The second-order valence-electron chi connectivity index (χ2n) is 3.29. The SMILES string of the molecule is C#CCOCSSC(C)(C)NC.CC.O=CC(F)(F)F. The van der Waals surface area contributed by atoms with Crippen molar-refractivity contribution in [3.63, 3.8) is 0 Å². The molecule has 0 fully saturated rings. The summed E-state index contributed by atoms with van der Waals surface area (Å²) in [7, 11) is 5.34. The number of nitrogens with one attached hydrogen (secondary N) is 1. The molecule has 0 radical (unpaired) electrons. The van der Waals surface area contributed by atoms with Gasteiger partial charge in [-0.3, -0.25) is 4.79 Å². The number of carbonyl (C=O) groups excluding carboxylic acids is 1. The normalized spacial score (nSPS) is 10.3. The molecule has 0 bridgehead atoms. The van der Waals surface area contributed by atoms with Crippen molar-refractivity contribution in [3.8, 4) is 12.3 Å². The standard InChI is InChI=1S/C8H15NOS2.C2HF3O.C2H6/c1-5-6-10-7-11-12-8(2,3)9-4;3-2(4,5)1-6;1-2/h1,9H,6-7H2,2-4H3;1H;1-2H3. The van der Waals surface area contributed by atoms with Crippen LogP contribution in [0.2, 0.25) is 0 Å². The van der Waals surface area contributed by atoms with Gasteiger partial charge in [0.05, 0.1) is 4.87 Å². The molecule has 0 heterocycles. The van der Waals surface area contributed by atoms with Crippen LogP contribution in [0.4, 0.5) is 13.2 Å². The molecule has 3 nitrogen and oxygen atoms in total. The van der Waals surface area contributed by atoms with Crippen LogP contribution in [0.15, 0.2) is 0 Å². The van der Waals surface area contributed by atoms with E-state index in [2.05, 4.69) is 25.1 Å². The van der Waals surface area contributed by atoms with Crippen molar-refractivity contribution in [3.05, 3.63) is 0 Å². The summed E-state index contributed by atoms with van der Waals surface area (Å²) in [5.41, 5.74) is 0. The molecule has 1 N–H and O–H groups in total. The molecule has 0 aromatic carbocycles. The number of rotatable bonds is 6. The number of hydrogen-bond donors (Lipinski definition) is 1. The first-order valence-corrected chi connectivity index (χ1v) is 8.04. The number of carbonyl (C=O) groups is 1. The molecule has 0 aliphatic rings. The van der Waals surface area contributed by atoms with Gasteiger partial charge in [0.15, 0.2) is 0 Å². The van der Waals surface area contributed by atoms with Gasteiger partial charge < -0.3 is 10.1 Å². The van der Waals surface area contributed by atoms with E-state index in [-0.39, 0.29) is 4.87 Å². The fraction of sp³-hybridized carbons (Fsp3) is 0.750. The van der Waals surface area contributed by atoms with E-state index in [9.17, 15) is 13.2 Å². The topological polar surface area (TPSA) is 38.3 Å². The zero-order valence-corrected chi connectivity index (χ0v) is 14.0. The molecule has 0 saturated carbocycles. The van der Waals surface area contributed by atoms with Crippen molar-refractivity contribution in [2.24, 2.45) is 0 Å². The molecule has 0 spiro atoms. The molecule has 0 saturated heterocycles. The molecule has 0 aliphatic heterocycles. The lowest BCUT2D eigenvalue weighted by Crippen LogP contribution is -2.31. The van der Waals surface area contributed by atoms with Gasteiger partial charge in [-0.05, 0) is 20.9 Å². The van der Waals surface area contributed by atoms with Crippen molar-refractivity contribution in [2.75, 3.05) is 19.6 Å². The Morgan fingerprint density at radius 2 is 1.80 bits per heavy atom. The Morgan fingerprint density at radius 1 is 1.35 bits per heavy atom. The number of terminal acetylenes is 1. The summed E-state index contributed by atoms with van der Waals surface area (Å²) in [4.78, 5) is 8.79. The van der Waals surface area contributed by atoms with Crippen molar-refractivity contribution in [2.45, 2.75) is 38.7 Å². The Kier molecular flexibility index (Phi) is 18.5. The summed E-state index contributed by atoms with van der Waals surface area (Å²) in [6, 6.07) is 0. The highest BCUT2D eigenvalue weighted by Gasteiger charge is 2.24. The van der Waals surface area contributed by atoms with Gasteiger partial charge >= 0.3 is 6.18 Å². The molecule has 0 amide bonds. The Morgan fingerprint density at radius 3 is 2.10 bits per heavy atom. The van der Waals surface area contributed by atoms with Crippen molar-refractivity contribution < 1.29 is 22.7 Å². The third-order valence-corrected chi connectivity index (χ3v) is 4.21. The number of ether oxygens (including phenoxy) is 1. The second-order valence-corrected chi connectivity index (χ2v) is 6.16. The van der Waals surface area contributed by atoms with Gasteiger partial charge in [0.2, 0.25) is 6.29 Å². The van der Waals surface area contributed by atoms with E-state index >= 15 is 0 Å². The first-order valence-electron chi connectivity index (χ1n) is 5.72. The summed E-state index contributed by atoms with van der Waals surface area (Å²) in [6.45, 7) is 8.63. The van der Waals surface area contributed by atoms with E-state index in [4.69, 9.17) is 16.0 Å². The molecule has 0 rings (SSSR count). The van der Waals surface area contributed by atoms with Crippen LogP contribution in [0.3, 0.4) is 0 Å². The lowest BCUT2D eigenvalue weighted by Gasteiger charge is -2.21. The molecule has 0 aromatic rings. The first kappa shape index (κ1) is 24.6. The lowest BCUT2D eigenvalue weighted by atomic mass is 10.4. The van der Waals surface area contributed by atoms with E-state index in [0.717, 1.165) is 0 Å². The zero-order chi connectivity index (χ0) is 16.7. The molecular formula is C12H22F3NO2S2. The number of alkyl halides is 3. The van der Waals surface area contributed by atoms with Gasteiger partial charge in [-0.2, -0.15) is 13.2 Å². The van der Waals surface area contributed by atoms with E-state index in [1.165, 1.54) is 0 Å². The van der Waals surface area contributed by atoms with Crippen LogP contribution in [0.1, 0.15) is 27.7 Å². The van der Waals surface area contributed by atoms with Gasteiger partial charge in [-0.15, -0.1) is 6.42 Å². The van der Waals surface area contributed by atoms with E-state index in [1.807, 2.05) is 20.9 Å². The number of hydrogen-bond acceptors (Lipinski definition) is 5. The summed E-state index contributed by atoms with van der Waals surface area (Å²) in [5, 5.41) is 3.18. The van der Waals surface area contributed by atoms with Gasteiger partial charge in [0, 0.05) is 0 Å². The molecule has 0 unspecified atom stereocenters. The number of halogens is 3. The van der Waals surface area contributed by atoms with Crippen LogP contribution < -0.4 is 5.32 Å². The van der Waals surface area contributed by atoms with Crippen LogP contribution in [0, 0.1) is 12.3 Å². The predicted molar refractivity (Wildman–Crippen MR) is 81.4 cm³/mol. The van der Waals surface area contributed by atoms with Crippen molar-refractivity contribution in [1.29, 1.82) is 0 Å². The summed E-state index contributed by atoms with van der Waals surface area (Å²) in [5.74, 6) is 3.06. The Hall–Kier alpha value is -0.360. The Balaban J connectivity index is -0.000000304. The largest absolute Gasteiger partial charge is 0.446 e. The van der Waals surface area contributed by atoms with Gasteiger partial charge in [-0.25, -0.2) is 0 Å².